The van der Waals surface area contributed by atoms with Crippen LogP contribution in [0.25, 0.3) is 0 Å². The van der Waals surface area contributed by atoms with Gasteiger partial charge in [-0.25, -0.2) is 4.79 Å². The second-order valence-electron chi connectivity index (χ2n) is 6.44. The van der Waals surface area contributed by atoms with Crippen LogP contribution in [0, 0.1) is 5.92 Å². The van der Waals surface area contributed by atoms with Gasteiger partial charge in [0, 0.05) is 6.04 Å². The lowest BCUT2D eigenvalue weighted by Crippen LogP contribution is -2.48. The minimum Gasteiger partial charge on any atom is -0.352 e. The summed E-state index contributed by atoms with van der Waals surface area (Å²) in [5.41, 5.74) is -0.879. The maximum Gasteiger partial charge on any atom is 0.325 e. The third kappa shape index (κ3) is 3.19. The van der Waals surface area contributed by atoms with Crippen LogP contribution in [0.5, 0.6) is 0 Å². The molecule has 1 saturated carbocycles. The second kappa shape index (κ2) is 6.03. The van der Waals surface area contributed by atoms with Gasteiger partial charge in [-0.3, -0.25) is 14.5 Å². The average molecular weight is 295 g/mol. The normalized spacial score (nSPS) is 33.0. The number of imide groups is 1. The van der Waals surface area contributed by atoms with Crippen LogP contribution in [-0.4, -0.2) is 40.9 Å². The number of nitrogens with one attached hydrogen (secondary N) is 2. The van der Waals surface area contributed by atoms with Gasteiger partial charge in [0.25, 0.3) is 5.91 Å². The molecule has 0 unspecified atom stereocenters. The van der Waals surface area contributed by atoms with E-state index >= 15 is 0 Å². The molecule has 1 heterocycles. The van der Waals surface area contributed by atoms with Crippen LogP contribution in [0.1, 0.15) is 52.9 Å². The lowest BCUT2D eigenvalue weighted by molar-refractivity contribution is -0.135. The highest BCUT2D eigenvalue weighted by molar-refractivity contribution is 6.08. The summed E-state index contributed by atoms with van der Waals surface area (Å²) in [4.78, 5) is 37.2. The highest BCUT2D eigenvalue weighted by Gasteiger charge is 2.47. The fraction of sp³-hybridized carbons (Fsp3) is 0.800. The molecule has 21 heavy (non-hydrogen) atoms. The van der Waals surface area contributed by atoms with Crippen molar-refractivity contribution in [1.82, 2.24) is 15.5 Å². The lowest BCUT2D eigenvalue weighted by atomic mass is 9.86. The molecule has 118 valence electrons. The van der Waals surface area contributed by atoms with Crippen LogP contribution in [0.3, 0.4) is 0 Å². The maximum absolute atomic E-state index is 12.2. The first-order valence-electron chi connectivity index (χ1n) is 7.81. The Morgan fingerprint density at radius 2 is 2.05 bits per heavy atom. The zero-order valence-corrected chi connectivity index (χ0v) is 13.1. The van der Waals surface area contributed by atoms with E-state index in [1.54, 1.807) is 6.92 Å². The Bertz CT molecular complexity index is 451. The Kier molecular flexibility index (Phi) is 4.54. The molecule has 1 aliphatic carbocycles. The Morgan fingerprint density at radius 3 is 2.62 bits per heavy atom. The Labute approximate surface area is 125 Å². The number of hydrogen-bond donors (Lipinski definition) is 2. The van der Waals surface area contributed by atoms with Gasteiger partial charge in [-0.1, -0.05) is 26.7 Å². The predicted molar refractivity (Wildman–Crippen MR) is 78.5 cm³/mol. The maximum atomic E-state index is 12.2. The largest absolute Gasteiger partial charge is 0.352 e. The molecular weight excluding hydrogens is 270 g/mol. The monoisotopic (exact) mass is 295 g/mol. The fourth-order valence-corrected chi connectivity index (χ4v) is 3.06. The van der Waals surface area contributed by atoms with Crippen molar-refractivity contribution in [3.63, 3.8) is 0 Å². The second-order valence-corrected chi connectivity index (χ2v) is 6.44. The molecule has 3 atom stereocenters. The van der Waals surface area contributed by atoms with Gasteiger partial charge >= 0.3 is 6.03 Å². The highest BCUT2D eigenvalue weighted by atomic mass is 16.2. The van der Waals surface area contributed by atoms with E-state index in [0.29, 0.717) is 12.3 Å². The first-order valence-corrected chi connectivity index (χ1v) is 7.81. The van der Waals surface area contributed by atoms with E-state index in [2.05, 4.69) is 17.6 Å². The Balaban J connectivity index is 1.93. The standard InChI is InChI=1S/C15H25N3O3/c1-4-15(3)13(20)18(14(21)17-15)9-12(19)16-11-8-6-5-7-10(11)2/h10-11H,4-9H2,1-3H3,(H,16,19)(H,17,21)/t10-,11+,15+/m0/s1. The molecule has 2 N–H and O–H groups in total. The summed E-state index contributed by atoms with van der Waals surface area (Å²) in [7, 11) is 0. The van der Waals surface area contributed by atoms with Crippen molar-refractivity contribution >= 4 is 17.8 Å². The zero-order chi connectivity index (χ0) is 15.6. The van der Waals surface area contributed by atoms with Crippen molar-refractivity contribution in [2.75, 3.05) is 6.54 Å². The van der Waals surface area contributed by atoms with E-state index < -0.39 is 11.6 Å². The van der Waals surface area contributed by atoms with E-state index in [0.717, 1.165) is 24.2 Å². The molecular formula is C15H25N3O3. The van der Waals surface area contributed by atoms with Crippen molar-refractivity contribution in [3.05, 3.63) is 0 Å². The van der Waals surface area contributed by atoms with E-state index in [4.69, 9.17) is 0 Å². The number of carbonyl (C=O) groups excluding carboxylic acids is 3. The zero-order valence-electron chi connectivity index (χ0n) is 13.1. The van der Waals surface area contributed by atoms with Crippen molar-refractivity contribution in [3.8, 4) is 0 Å². The van der Waals surface area contributed by atoms with Crippen molar-refractivity contribution in [2.45, 2.75) is 64.5 Å². The van der Waals surface area contributed by atoms with Gasteiger partial charge in [0.15, 0.2) is 0 Å². The van der Waals surface area contributed by atoms with Crippen LogP contribution in [0.4, 0.5) is 4.79 Å². The average Bonchev–Trinajstić information content (AvgIpc) is 2.66. The smallest absolute Gasteiger partial charge is 0.325 e. The van der Waals surface area contributed by atoms with Crippen LogP contribution in [-0.2, 0) is 9.59 Å². The summed E-state index contributed by atoms with van der Waals surface area (Å²) in [6.45, 7) is 5.47. The van der Waals surface area contributed by atoms with Crippen molar-refractivity contribution < 1.29 is 14.4 Å². The molecule has 4 amide bonds. The minimum absolute atomic E-state index is 0.157. The lowest BCUT2D eigenvalue weighted by Gasteiger charge is -2.30. The Morgan fingerprint density at radius 1 is 1.38 bits per heavy atom. The van der Waals surface area contributed by atoms with Crippen LogP contribution in [0.15, 0.2) is 0 Å². The van der Waals surface area contributed by atoms with E-state index in [1.807, 2.05) is 6.92 Å². The molecule has 2 fully saturated rings. The van der Waals surface area contributed by atoms with Crippen LogP contribution >= 0.6 is 0 Å². The number of carbonyl (C=O) groups is 3. The number of amides is 4. The number of urea groups is 1. The van der Waals surface area contributed by atoms with Crippen LogP contribution < -0.4 is 10.6 Å². The third-order valence-electron chi connectivity index (χ3n) is 4.81. The third-order valence-corrected chi connectivity index (χ3v) is 4.81. The number of rotatable bonds is 4. The predicted octanol–water partition coefficient (Wildman–Crippen LogP) is 1.40. The van der Waals surface area contributed by atoms with Gasteiger partial charge in [0.05, 0.1) is 0 Å². The first kappa shape index (κ1) is 15.8. The molecule has 1 aliphatic heterocycles. The molecule has 0 aromatic rings. The molecule has 6 nitrogen and oxygen atoms in total. The number of nitrogens with zero attached hydrogens (tertiary/aromatic N) is 1. The SMILES string of the molecule is CC[C@@]1(C)NC(=O)N(CC(=O)N[C@@H]2CCCC[C@@H]2C)C1=O. The minimum atomic E-state index is -0.879. The topological polar surface area (TPSA) is 78.5 Å². The molecule has 0 bridgehead atoms. The summed E-state index contributed by atoms with van der Waals surface area (Å²) < 4.78 is 0. The Hall–Kier alpha value is -1.59. The fourth-order valence-electron chi connectivity index (χ4n) is 3.06. The summed E-state index contributed by atoms with van der Waals surface area (Å²) >= 11 is 0. The van der Waals surface area contributed by atoms with Gasteiger partial charge in [0.2, 0.25) is 5.91 Å². The molecule has 0 spiro atoms. The van der Waals surface area contributed by atoms with Gasteiger partial charge in [-0.15, -0.1) is 0 Å². The van der Waals surface area contributed by atoms with Gasteiger partial charge in [-0.05, 0) is 32.1 Å². The molecule has 2 aliphatic rings. The summed E-state index contributed by atoms with van der Waals surface area (Å²) in [6, 6.07) is -0.319. The molecule has 0 aromatic carbocycles. The molecule has 1 saturated heterocycles. The van der Waals surface area contributed by atoms with Gasteiger partial charge in [0.1, 0.15) is 12.1 Å². The van der Waals surface area contributed by atoms with Crippen LogP contribution in [0.2, 0.25) is 0 Å². The summed E-state index contributed by atoms with van der Waals surface area (Å²) in [5.74, 6) is -0.119. The molecule has 2 rings (SSSR count). The highest BCUT2D eigenvalue weighted by Crippen LogP contribution is 2.24. The van der Waals surface area contributed by atoms with E-state index in [-0.39, 0.29) is 24.4 Å². The van der Waals surface area contributed by atoms with E-state index in [9.17, 15) is 14.4 Å². The molecule has 6 heteroatoms. The summed E-state index contributed by atoms with van der Waals surface area (Å²) in [5, 5.41) is 5.62. The molecule has 0 radical (unpaired) electrons. The van der Waals surface area contributed by atoms with Crippen molar-refractivity contribution in [2.24, 2.45) is 5.92 Å². The number of hydrogen-bond acceptors (Lipinski definition) is 3. The summed E-state index contributed by atoms with van der Waals surface area (Å²) in [6.07, 6.45) is 4.92. The van der Waals surface area contributed by atoms with E-state index in [1.165, 1.54) is 6.42 Å². The van der Waals surface area contributed by atoms with Gasteiger partial charge in [-0.2, -0.15) is 0 Å². The van der Waals surface area contributed by atoms with Crippen molar-refractivity contribution in [1.29, 1.82) is 0 Å². The first-order chi connectivity index (χ1) is 9.87. The quantitative estimate of drug-likeness (QED) is 0.770. The molecule has 0 aromatic heterocycles. The van der Waals surface area contributed by atoms with Gasteiger partial charge < -0.3 is 10.6 Å².